The Morgan fingerprint density at radius 1 is 1.45 bits per heavy atom. The molecule has 0 aliphatic carbocycles. The van der Waals surface area contributed by atoms with Crippen molar-refractivity contribution in [3.8, 4) is 0 Å². The molecule has 2 saturated heterocycles. The van der Waals surface area contributed by atoms with Crippen LogP contribution in [0.5, 0.6) is 0 Å². The zero-order chi connectivity index (χ0) is 7.73. The van der Waals surface area contributed by atoms with Crippen molar-refractivity contribution in [1.29, 1.82) is 0 Å². The molecule has 0 bridgehead atoms. The molecule has 2 aliphatic heterocycles. The van der Waals surface area contributed by atoms with E-state index in [1.54, 1.807) is 0 Å². The van der Waals surface area contributed by atoms with Crippen molar-refractivity contribution >= 4 is 0 Å². The van der Waals surface area contributed by atoms with Gasteiger partial charge in [-0.15, -0.1) is 6.04 Å². The summed E-state index contributed by atoms with van der Waals surface area (Å²) in [6.45, 7) is 4.39. The first kappa shape index (κ1) is 7.53. The van der Waals surface area contributed by atoms with Crippen LogP contribution in [0.25, 0.3) is 0 Å². The van der Waals surface area contributed by atoms with Crippen LogP contribution in [0, 0.1) is 6.42 Å². The van der Waals surface area contributed by atoms with E-state index in [9.17, 15) is 0 Å². The molecule has 64 valence electrons. The van der Waals surface area contributed by atoms with E-state index in [0.29, 0.717) is 6.04 Å². The van der Waals surface area contributed by atoms with Crippen LogP contribution in [0.15, 0.2) is 0 Å². The van der Waals surface area contributed by atoms with Gasteiger partial charge in [0, 0.05) is 6.54 Å². The normalized spacial score (nSPS) is 35.2. The highest BCUT2D eigenvalue weighted by Gasteiger charge is 2.40. The Bertz CT molecular complexity index is 143. The first-order chi connectivity index (χ1) is 5.35. The molecule has 3 heteroatoms. The van der Waals surface area contributed by atoms with E-state index in [-0.39, 0.29) is 5.79 Å². The van der Waals surface area contributed by atoms with Gasteiger partial charge in [0.05, 0.1) is 13.2 Å². The fourth-order valence-electron chi connectivity index (χ4n) is 1.72. The molecule has 0 radical (unpaired) electrons. The second-order valence-corrected chi connectivity index (χ2v) is 3.13. The summed E-state index contributed by atoms with van der Waals surface area (Å²) in [5, 5.41) is 3.33. The second kappa shape index (κ2) is 2.73. The van der Waals surface area contributed by atoms with Gasteiger partial charge >= 0.3 is 0 Å². The zero-order valence-electron chi connectivity index (χ0n) is 6.80. The molecular weight excluding hydrogens is 142 g/mol. The van der Waals surface area contributed by atoms with Gasteiger partial charge in [0.15, 0.2) is 5.79 Å². The zero-order valence-corrected chi connectivity index (χ0v) is 6.80. The first-order valence-corrected chi connectivity index (χ1v) is 4.15. The number of hydrogen-bond acceptors (Lipinski definition) is 3. The largest absolute Gasteiger partial charge is 0.346 e. The molecule has 0 saturated carbocycles. The average Bonchev–Trinajstić information content (AvgIpc) is 2.62. The monoisotopic (exact) mass is 156 g/mol. The van der Waals surface area contributed by atoms with Crippen LogP contribution in [0.4, 0.5) is 0 Å². The van der Waals surface area contributed by atoms with Crippen LogP contribution in [0.2, 0.25) is 0 Å². The summed E-state index contributed by atoms with van der Waals surface area (Å²) in [6, 6.07) is 0.466. The van der Waals surface area contributed by atoms with E-state index in [0.717, 1.165) is 26.2 Å². The van der Waals surface area contributed by atoms with Gasteiger partial charge in [-0.2, -0.15) is 6.92 Å². The maximum absolute atomic E-state index is 5.53. The van der Waals surface area contributed by atoms with Crippen molar-refractivity contribution in [2.45, 2.75) is 25.2 Å². The number of ether oxygens (including phenoxy) is 2. The lowest BCUT2D eigenvalue weighted by atomic mass is 10.1. The molecule has 0 amide bonds. The second-order valence-electron chi connectivity index (χ2n) is 3.13. The van der Waals surface area contributed by atoms with Gasteiger partial charge in [0.25, 0.3) is 0 Å². The Morgan fingerprint density at radius 3 is 2.73 bits per heavy atom. The first-order valence-electron chi connectivity index (χ1n) is 4.15. The van der Waals surface area contributed by atoms with Crippen LogP contribution in [-0.2, 0) is 9.47 Å². The third-order valence-electron chi connectivity index (χ3n) is 2.38. The molecule has 2 rings (SSSR count). The molecule has 0 aromatic carbocycles. The quantitative estimate of drug-likeness (QED) is 0.554. The summed E-state index contributed by atoms with van der Waals surface area (Å²) < 4.78 is 11.1. The minimum absolute atomic E-state index is 0.281. The van der Waals surface area contributed by atoms with Gasteiger partial charge in [0.1, 0.15) is 0 Å². The Hall–Kier alpha value is -0.120. The molecule has 1 unspecified atom stereocenters. The topological polar surface area (TPSA) is 30.5 Å². The summed E-state index contributed by atoms with van der Waals surface area (Å²) in [5.74, 6) is -0.281. The molecular formula is C8H14NO2-. The van der Waals surface area contributed by atoms with Crippen LogP contribution in [-0.4, -0.2) is 31.6 Å². The third kappa shape index (κ3) is 1.28. The Morgan fingerprint density at radius 2 is 2.18 bits per heavy atom. The number of hydrogen-bond donors (Lipinski definition) is 1. The molecule has 1 N–H and O–H groups in total. The van der Waals surface area contributed by atoms with Crippen LogP contribution in [0.1, 0.15) is 13.3 Å². The van der Waals surface area contributed by atoms with Gasteiger partial charge in [0.2, 0.25) is 0 Å². The van der Waals surface area contributed by atoms with E-state index in [1.165, 1.54) is 0 Å². The highest BCUT2D eigenvalue weighted by Crippen LogP contribution is 2.29. The van der Waals surface area contributed by atoms with Crippen molar-refractivity contribution in [1.82, 2.24) is 5.32 Å². The Labute approximate surface area is 67.1 Å². The minimum atomic E-state index is -0.281. The third-order valence-corrected chi connectivity index (χ3v) is 2.38. The smallest absolute Gasteiger partial charge is 0.179 e. The maximum atomic E-state index is 5.53. The summed E-state index contributed by atoms with van der Waals surface area (Å²) in [5.41, 5.74) is 0. The van der Waals surface area contributed by atoms with Gasteiger partial charge in [-0.05, 0) is 6.42 Å². The molecule has 1 atom stereocenters. The molecule has 3 nitrogen and oxygen atoms in total. The van der Waals surface area contributed by atoms with Crippen molar-refractivity contribution in [2.75, 3.05) is 19.8 Å². The minimum Gasteiger partial charge on any atom is -0.346 e. The van der Waals surface area contributed by atoms with E-state index in [4.69, 9.17) is 9.47 Å². The lowest BCUT2D eigenvalue weighted by Gasteiger charge is -2.21. The average molecular weight is 156 g/mol. The number of nitrogens with one attached hydrogen (secondary N) is 1. The van der Waals surface area contributed by atoms with E-state index in [1.807, 2.05) is 0 Å². The van der Waals surface area contributed by atoms with Crippen molar-refractivity contribution in [3.63, 3.8) is 0 Å². The fourth-order valence-corrected chi connectivity index (χ4v) is 1.72. The lowest BCUT2D eigenvalue weighted by molar-refractivity contribution is -0.140. The Balaban J connectivity index is 1.96. The van der Waals surface area contributed by atoms with Gasteiger partial charge in [-0.25, -0.2) is 0 Å². The molecule has 2 fully saturated rings. The summed E-state index contributed by atoms with van der Waals surface area (Å²) in [4.78, 5) is 0. The van der Waals surface area contributed by atoms with Gasteiger partial charge < -0.3 is 21.2 Å². The molecule has 11 heavy (non-hydrogen) atoms. The molecule has 1 spiro atoms. The van der Waals surface area contributed by atoms with E-state index in [2.05, 4.69) is 18.7 Å². The highest BCUT2D eigenvalue weighted by atomic mass is 16.7. The highest BCUT2D eigenvalue weighted by molar-refractivity contribution is 4.95. The predicted octanol–water partition coefficient (Wildman–Crippen LogP) is 0.316. The molecule has 2 heterocycles. The molecule has 0 aromatic heterocycles. The van der Waals surface area contributed by atoms with Crippen molar-refractivity contribution in [2.24, 2.45) is 0 Å². The van der Waals surface area contributed by atoms with Crippen LogP contribution < -0.4 is 5.32 Å². The van der Waals surface area contributed by atoms with Gasteiger partial charge in [-0.3, -0.25) is 0 Å². The van der Waals surface area contributed by atoms with Crippen LogP contribution in [0.3, 0.4) is 0 Å². The summed E-state index contributed by atoms with van der Waals surface area (Å²) in [6.07, 6.45) is 3.11. The number of rotatable bonds is 1. The lowest BCUT2D eigenvalue weighted by Crippen LogP contribution is -2.32. The molecule has 2 aliphatic rings. The Kier molecular flexibility index (Phi) is 1.87. The fraction of sp³-hybridized carbons (Fsp3) is 0.875. The standard InChI is InChI=1S/C8H14NO2/c1-2-7-5-8(6-9-7)10-3-4-11-8/h2,7,9H,3-6H2,1H3/q-1. The van der Waals surface area contributed by atoms with Crippen molar-refractivity contribution in [3.05, 3.63) is 6.42 Å². The van der Waals surface area contributed by atoms with Crippen molar-refractivity contribution < 1.29 is 9.47 Å². The van der Waals surface area contributed by atoms with E-state index >= 15 is 0 Å². The van der Waals surface area contributed by atoms with Gasteiger partial charge in [-0.1, -0.05) is 0 Å². The SMILES string of the molecule is C[CH-]C1CC2(CN1)OCCO2. The summed E-state index contributed by atoms with van der Waals surface area (Å²) >= 11 is 0. The molecule has 0 aromatic rings. The van der Waals surface area contributed by atoms with E-state index < -0.39 is 0 Å². The predicted molar refractivity (Wildman–Crippen MR) is 41.0 cm³/mol. The maximum Gasteiger partial charge on any atom is 0.179 e. The van der Waals surface area contributed by atoms with Crippen LogP contribution >= 0.6 is 0 Å². The summed E-state index contributed by atoms with van der Waals surface area (Å²) in [7, 11) is 0.